The third-order valence-corrected chi connectivity index (χ3v) is 4.06. The molecule has 98 valence electrons. The highest BCUT2D eigenvalue weighted by Gasteiger charge is 2.43. The van der Waals surface area contributed by atoms with Gasteiger partial charge in [-0.1, -0.05) is 19.3 Å². The van der Waals surface area contributed by atoms with Gasteiger partial charge in [0.1, 0.15) is 5.54 Å². The lowest BCUT2D eigenvalue weighted by Crippen LogP contribution is -2.60. The Morgan fingerprint density at radius 3 is 2.65 bits per heavy atom. The van der Waals surface area contributed by atoms with Crippen LogP contribution in [0.5, 0.6) is 0 Å². The molecule has 0 aromatic carbocycles. The molecule has 0 aromatic rings. The number of hydrogen-bond donors (Lipinski definition) is 2. The Hall–Kier alpha value is -0.610. The van der Waals surface area contributed by atoms with E-state index in [4.69, 9.17) is 4.74 Å². The Morgan fingerprint density at radius 2 is 2.06 bits per heavy atom. The molecule has 1 saturated heterocycles. The number of aliphatic carboxylic acids is 1. The molecule has 2 atom stereocenters. The van der Waals surface area contributed by atoms with E-state index in [0.717, 1.165) is 12.8 Å². The molecule has 2 N–H and O–H groups in total. The van der Waals surface area contributed by atoms with Crippen LogP contribution in [0.25, 0.3) is 0 Å². The summed E-state index contributed by atoms with van der Waals surface area (Å²) in [6.07, 6.45) is 7.17. The minimum atomic E-state index is -0.750. The molecular formula is C13H23NO3. The average Bonchev–Trinajstić information content (AvgIpc) is 2.30. The number of ether oxygens (including phenoxy) is 1. The Labute approximate surface area is 103 Å². The van der Waals surface area contributed by atoms with E-state index in [9.17, 15) is 9.90 Å². The van der Waals surface area contributed by atoms with Crippen molar-refractivity contribution in [2.45, 2.75) is 69.6 Å². The minimum absolute atomic E-state index is 0.0379. The quantitative estimate of drug-likeness (QED) is 0.792. The van der Waals surface area contributed by atoms with E-state index in [2.05, 4.69) is 5.32 Å². The summed E-state index contributed by atoms with van der Waals surface area (Å²) in [7, 11) is 0. The van der Waals surface area contributed by atoms with Gasteiger partial charge in [-0.25, -0.2) is 0 Å². The van der Waals surface area contributed by atoms with Gasteiger partial charge in [-0.15, -0.1) is 0 Å². The highest BCUT2D eigenvalue weighted by Crippen LogP contribution is 2.28. The van der Waals surface area contributed by atoms with Crippen molar-refractivity contribution >= 4 is 5.97 Å². The molecule has 2 unspecified atom stereocenters. The van der Waals surface area contributed by atoms with Gasteiger partial charge >= 0.3 is 5.97 Å². The fourth-order valence-electron chi connectivity index (χ4n) is 3.11. The lowest BCUT2D eigenvalue weighted by atomic mass is 9.84. The Balaban J connectivity index is 2.02. The molecule has 0 radical (unpaired) electrons. The number of carboxylic acid groups (broad SMARTS) is 1. The molecule has 4 heteroatoms. The fraction of sp³-hybridized carbons (Fsp3) is 0.923. The van der Waals surface area contributed by atoms with Gasteiger partial charge in [0, 0.05) is 19.1 Å². The molecular weight excluding hydrogens is 218 g/mol. The third kappa shape index (κ3) is 2.99. The Kier molecular flexibility index (Phi) is 4.05. The fourth-order valence-corrected chi connectivity index (χ4v) is 3.11. The van der Waals surface area contributed by atoms with Gasteiger partial charge in [-0.3, -0.25) is 10.1 Å². The number of rotatable bonds is 3. The largest absolute Gasteiger partial charge is 0.480 e. The minimum Gasteiger partial charge on any atom is -0.480 e. The van der Waals surface area contributed by atoms with Crippen LogP contribution in [0.15, 0.2) is 0 Å². The molecule has 0 spiro atoms. The Bertz CT molecular complexity index is 276. The summed E-state index contributed by atoms with van der Waals surface area (Å²) in [5.41, 5.74) is -0.750. The smallest absolute Gasteiger partial charge is 0.324 e. The van der Waals surface area contributed by atoms with Crippen molar-refractivity contribution in [2.75, 3.05) is 6.61 Å². The van der Waals surface area contributed by atoms with Crippen LogP contribution in [-0.2, 0) is 9.53 Å². The SMILES string of the molecule is CC1CC(NC2CCCCC2)(C(=O)O)CCO1. The summed E-state index contributed by atoms with van der Waals surface area (Å²) in [6, 6.07) is 0.380. The van der Waals surface area contributed by atoms with Crippen molar-refractivity contribution in [2.24, 2.45) is 0 Å². The predicted molar refractivity (Wildman–Crippen MR) is 65.0 cm³/mol. The summed E-state index contributed by atoms with van der Waals surface area (Å²) in [4.78, 5) is 11.6. The maximum atomic E-state index is 11.6. The van der Waals surface area contributed by atoms with Crippen molar-refractivity contribution in [3.63, 3.8) is 0 Å². The van der Waals surface area contributed by atoms with Crippen LogP contribution in [0.1, 0.15) is 51.9 Å². The highest BCUT2D eigenvalue weighted by molar-refractivity contribution is 5.79. The van der Waals surface area contributed by atoms with Gasteiger partial charge in [0.2, 0.25) is 0 Å². The van der Waals surface area contributed by atoms with Gasteiger partial charge in [0.15, 0.2) is 0 Å². The molecule has 4 nitrogen and oxygen atoms in total. The van der Waals surface area contributed by atoms with E-state index in [1.54, 1.807) is 0 Å². The third-order valence-electron chi connectivity index (χ3n) is 4.06. The molecule has 1 saturated carbocycles. The first-order chi connectivity index (χ1) is 8.12. The maximum absolute atomic E-state index is 11.6. The van der Waals surface area contributed by atoms with Gasteiger partial charge < -0.3 is 9.84 Å². The molecule has 1 heterocycles. The van der Waals surface area contributed by atoms with Crippen molar-refractivity contribution in [3.05, 3.63) is 0 Å². The van der Waals surface area contributed by atoms with E-state index in [-0.39, 0.29) is 6.10 Å². The molecule has 0 aromatic heterocycles. The van der Waals surface area contributed by atoms with Crippen LogP contribution < -0.4 is 5.32 Å². The van der Waals surface area contributed by atoms with Crippen LogP contribution in [-0.4, -0.2) is 35.4 Å². The zero-order valence-electron chi connectivity index (χ0n) is 10.6. The number of carboxylic acids is 1. The van der Waals surface area contributed by atoms with E-state index in [1.165, 1.54) is 19.3 Å². The van der Waals surface area contributed by atoms with Crippen molar-refractivity contribution in [1.29, 1.82) is 0 Å². The number of nitrogens with one attached hydrogen (secondary N) is 1. The monoisotopic (exact) mass is 241 g/mol. The molecule has 1 aliphatic carbocycles. The lowest BCUT2D eigenvalue weighted by molar-refractivity contribution is -0.152. The molecule has 1 aliphatic heterocycles. The second kappa shape index (κ2) is 5.36. The molecule has 0 amide bonds. The predicted octanol–water partition coefficient (Wildman–Crippen LogP) is 1.93. The molecule has 2 rings (SSSR count). The molecule has 17 heavy (non-hydrogen) atoms. The highest BCUT2D eigenvalue weighted by atomic mass is 16.5. The van der Waals surface area contributed by atoms with Crippen LogP contribution in [0.4, 0.5) is 0 Å². The summed E-state index contributed by atoms with van der Waals surface area (Å²) >= 11 is 0. The van der Waals surface area contributed by atoms with E-state index < -0.39 is 11.5 Å². The first-order valence-electron chi connectivity index (χ1n) is 6.75. The first-order valence-corrected chi connectivity index (χ1v) is 6.75. The van der Waals surface area contributed by atoms with Crippen LogP contribution in [0.2, 0.25) is 0 Å². The molecule has 2 aliphatic rings. The number of carbonyl (C=O) groups is 1. The van der Waals surface area contributed by atoms with Gasteiger partial charge in [-0.2, -0.15) is 0 Å². The van der Waals surface area contributed by atoms with Gasteiger partial charge in [0.25, 0.3) is 0 Å². The average molecular weight is 241 g/mol. The topological polar surface area (TPSA) is 58.6 Å². The second-order valence-corrected chi connectivity index (χ2v) is 5.50. The van der Waals surface area contributed by atoms with Gasteiger partial charge in [0.05, 0.1) is 6.10 Å². The Morgan fingerprint density at radius 1 is 1.35 bits per heavy atom. The first kappa shape index (κ1) is 12.8. The number of hydrogen-bond acceptors (Lipinski definition) is 3. The standard InChI is InChI=1S/C13H23NO3/c1-10-9-13(12(15)16,7-8-17-10)14-11-5-3-2-4-6-11/h10-11,14H,2-9H2,1H3,(H,15,16). The summed E-state index contributed by atoms with van der Waals surface area (Å²) in [5, 5.41) is 12.9. The van der Waals surface area contributed by atoms with E-state index in [1.807, 2.05) is 6.92 Å². The summed E-state index contributed by atoms with van der Waals surface area (Å²) < 4.78 is 5.47. The van der Waals surface area contributed by atoms with Crippen molar-refractivity contribution in [3.8, 4) is 0 Å². The molecule has 2 fully saturated rings. The zero-order chi connectivity index (χ0) is 12.3. The van der Waals surface area contributed by atoms with Crippen LogP contribution >= 0.6 is 0 Å². The van der Waals surface area contributed by atoms with E-state index >= 15 is 0 Å². The molecule has 0 bridgehead atoms. The normalized spacial score (nSPS) is 35.7. The zero-order valence-corrected chi connectivity index (χ0v) is 10.6. The van der Waals surface area contributed by atoms with Crippen LogP contribution in [0, 0.1) is 0 Å². The summed E-state index contributed by atoms with van der Waals surface area (Å²) in [6.45, 7) is 2.51. The lowest BCUT2D eigenvalue weighted by Gasteiger charge is -2.40. The maximum Gasteiger partial charge on any atom is 0.324 e. The van der Waals surface area contributed by atoms with Crippen molar-refractivity contribution in [1.82, 2.24) is 5.32 Å². The van der Waals surface area contributed by atoms with Gasteiger partial charge in [-0.05, 0) is 26.2 Å². The summed E-state index contributed by atoms with van der Waals surface area (Å²) in [5.74, 6) is -0.710. The van der Waals surface area contributed by atoms with E-state index in [0.29, 0.717) is 25.5 Å². The van der Waals surface area contributed by atoms with Crippen molar-refractivity contribution < 1.29 is 14.6 Å². The second-order valence-electron chi connectivity index (χ2n) is 5.50. The van der Waals surface area contributed by atoms with Crippen LogP contribution in [0.3, 0.4) is 0 Å².